The number of hydrogen-bond donors (Lipinski definition) is 2. The minimum absolute atomic E-state index is 0.0236. The monoisotopic (exact) mass is 299 g/mol. The maximum atomic E-state index is 12.3. The molecule has 9 nitrogen and oxygen atoms in total. The van der Waals surface area contributed by atoms with Crippen LogP contribution in [0.25, 0.3) is 0 Å². The van der Waals surface area contributed by atoms with Crippen LogP contribution in [0.4, 0.5) is 5.82 Å². The molecule has 0 radical (unpaired) electrons. The molecular weight excluding hydrogens is 282 g/mol. The van der Waals surface area contributed by atoms with Crippen molar-refractivity contribution in [3.8, 4) is 0 Å². The fourth-order valence-corrected chi connectivity index (χ4v) is 3.09. The van der Waals surface area contributed by atoms with E-state index in [1.165, 1.54) is 17.2 Å². The average Bonchev–Trinajstić information content (AvgIpc) is 2.94. The molecule has 0 aromatic carbocycles. The molecule has 0 saturated carbocycles. The van der Waals surface area contributed by atoms with E-state index in [0.29, 0.717) is 12.4 Å². The van der Waals surface area contributed by atoms with Gasteiger partial charge in [-0.25, -0.2) is 13.1 Å². The van der Waals surface area contributed by atoms with Crippen molar-refractivity contribution in [2.24, 2.45) is 7.05 Å². The molecular formula is C10H17N7O2S. The average molecular weight is 299 g/mol. The molecule has 2 aromatic heterocycles. The Balaban J connectivity index is 2.27. The molecule has 2 heterocycles. The first kappa shape index (κ1) is 14.5. The summed E-state index contributed by atoms with van der Waals surface area (Å²) < 4.78 is 30.2. The minimum atomic E-state index is -3.76. The van der Waals surface area contributed by atoms with E-state index in [9.17, 15) is 8.42 Å². The van der Waals surface area contributed by atoms with Gasteiger partial charge in [0.05, 0.1) is 6.04 Å². The van der Waals surface area contributed by atoms with Crippen molar-refractivity contribution in [2.75, 3.05) is 5.73 Å². The number of nitrogens with one attached hydrogen (secondary N) is 1. The SMILES string of the molecule is CCn1cc(S(=O)(=O)NC(C)c2nncn2C)c(N)n1. The molecule has 0 aliphatic carbocycles. The topological polar surface area (TPSA) is 121 Å². The Morgan fingerprint density at radius 3 is 2.70 bits per heavy atom. The molecule has 2 aromatic rings. The molecule has 0 aliphatic heterocycles. The summed E-state index contributed by atoms with van der Waals surface area (Å²) in [5, 5.41) is 11.5. The molecule has 0 fully saturated rings. The number of hydrogen-bond acceptors (Lipinski definition) is 6. The van der Waals surface area contributed by atoms with Crippen molar-refractivity contribution in [3.05, 3.63) is 18.3 Å². The highest BCUT2D eigenvalue weighted by atomic mass is 32.2. The van der Waals surface area contributed by atoms with Crippen LogP contribution >= 0.6 is 0 Å². The lowest BCUT2D eigenvalue weighted by molar-refractivity contribution is 0.553. The van der Waals surface area contributed by atoms with Crippen molar-refractivity contribution in [1.82, 2.24) is 29.3 Å². The normalized spacial score (nSPS) is 13.6. The van der Waals surface area contributed by atoms with Crippen LogP contribution in [0.2, 0.25) is 0 Å². The van der Waals surface area contributed by atoms with Crippen molar-refractivity contribution in [3.63, 3.8) is 0 Å². The number of nitrogens with two attached hydrogens (primary N) is 1. The summed E-state index contributed by atoms with van der Waals surface area (Å²) in [6, 6.07) is -0.531. The molecule has 10 heteroatoms. The fraction of sp³-hybridized carbons (Fsp3) is 0.500. The summed E-state index contributed by atoms with van der Waals surface area (Å²) in [5.74, 6) is 0.486. The van der Waals surface area contributed by atoms with Gasteiger partial charge < -0.3 is 10.3 Å². The molecule has 0 spiro atoms. The fourth-order valence-electron chi connectivity index (χ4n) is 1.82. The third kappa shape index (κ3) is 2.65. The van der Waals surface area contributed by atoms with Gasteiger partial charge in [0.15, 0.2) is 5.82 Å². The smallest absolute Gasteiger partial charge is 0.246 e. The minimum Gasteiger partial charge on any atom is -0.381 e. The number of sulfonamides is 1. The van der Waals surface area contributed by atoms with E-state index in [1.54, 1.807) is 18.5 Å². The van der Waals surface area contributed by atoms with E-state index in [-0.39, 0.29) is 10.7 Å². The molecule has 1 atom stereocenters. The van der Waals surface area contributed by atoms with Gasteiger partial charge in [0, 0.05) is 19.8 Å². The van der Waals surface area contributed by atoms with Crippen molar-refractivity contribution < 1.29 is 8.42 Å². The summed E-state index contributed by atoms with van der Waals surface area (Å²) in [4.78, 5) is -0.0339. The lowest BCUT2D eigenvalue weighted by Gasteiger charge is -2.12. The molecule has 20 heavy (non-hydrogen) atoms. The second kappa shape index (κ2) is 5.21. The van der Waals surface area contributed by atoms with Crippen LogP contribution in [0.3, 0.4) is 0 Å². The van der Waals surface area contributed by atoms with Crippen LogP contribution < -0.4 is 10.5 Å². The number of rotatable bonds is 5. The first-order valence-corrected chi connectivity index (χ1v) is 7.52. The Bertz CT molecular complexity index is 703. The Kier molecular flexibility index (Phi) is 3.77. The molecule has 2 rings (SSSR count). The predicted molar refractivity (Wildman–Crippen MR) is 72.1 cm³/mol. The summed E-state index contributed by atoms with van der Waals surface area (Å²) in [5.41, 5.74) is 5.64. The second-order valence-corrected chi connectivity index (χ2v) is 6.06. The van der Waals surface area contributed by atoms with Gasteiger partial charge in [-0.3, -0.25) is 4.68 Å². The van der Waals surface area contributed by atoms with Crippen LogP contribution in [0.15, 0.2) is 17.4 Å². The number of nitrogen functional groups attached to an aromatic ring is 1. The lowest BCUT2D eigenvalue weighted by Crippen LogP contribution is -2.28. The zero-order chi connectivity index (χ0) is 14.9. The third-order valence-corrected chi connectivity index (χ3v) is 4.39. The molecule has 110 valence electrons. The van der Waals surface area contributed by atoms with E-state index in [0.717, 1.165) is 0 Å². The highest BCUT2D eigenvalue weighted by molar-refractivity contribution is 7.89. The largest absolute Gasteiger partial charge is 0.381 e. The van der Waals surface area contributed by atoms with Gasteiger partial charge in [-0.05, 0) is 13.8 Å². The standard InChI is InChI=1S/C10H17N7O2S/c1-4-17-5-8(9(11)14-17)20(18,19)15-7(2)10-13-12-6-16(10)3/h5-7,15H,4H2,1-3H3,(H2,11,14). The van der Waals surface area contributed by atoms with Crippen LogP contribution in [0.5, 0.6) is 0 Å². The molecule has 3 N–H and O–H groups in total. The van der Waals surface area contributed by atoms with E-state index in [2.05, 4.69) is 20.0 Å². The molecule has 0 saturated heterocycles. The lowest BCUT2D eigenvalue weighted by atomic mass is 10.3. The van der Waals surface area contributed by atoms with Gasteiger partial charge in [-0.2, -0.15) is 5.10 Å². The molecule has 0 aliphatic rings. The van der Waals surface area contributed by atoms with Crippen molar-refractivity contribution >= 4 is 15.8 Å². The van der Waals surface area contributed by atoms with Gasteiger partial charge in [-0.1, -0.05) is 0 Å². The summed E-state index contributed by atoms with van der Waals surface area (Å²) in [6.07, 6.45) is 2.91. The van der Waals surface area contributed by atoms with Gasteiger partial charge in [0.1, 0.15) is 17.0 Å². The zero-order valence-electron chi connectivity index (χ0n) is 11.5. The second-order valence-electron chi connectivity index (χ2n) is 4.38. The van der Waals surface area contributed by atoms with Gasteiger partial charge in [0.25, 0.3) is 0 Å². The summed E-state index contributed by atoms with van der Waals surface area (Å²) in [7, 11) is -2.02. The summed E-state index contributed by atoms with van der Waals surface area (Å²) >= 11 is 0. The zero-order valence-corrected chi connectivity index (χ0v) is 12.3. The van der Waals surface area contributed by atoms with Gasteiger partial charge >= 0.3 is 0 Å². The van der Waals surface area contributed by atoms with Crippen LogP contribution in [0, 0.1) is 0 Å². The highest BCUT2D eigenvalue weighted by Crippen LogP contribution is 2.19. The first-order valence-electron chi connectivity index (χ1n) is 6.04. The molecule has 0 amide bonds. The maximum absolute atomic E-state index is 12.3. The van der Waals surface area contributed by atoms with E-state index in [4.69, 9.17) is 5.73 Å². The summed E-state index contributed by atoms with van der Waals surface area (Å²) in [6.45, 7) is 4.07. The van der Waals surface area contributed by atoms with Crippen LogP contribution in [-0.4, -0.2) is 33.0 Å². The van der Waals surface area contributed by atoms with Crippen molar-refractivity contribution in [2.45, 2.75) is 31.3 Å². The Labute approximate surface area is 116 Å². The maximum Gasteiger partial charge on any atom is 0.246 e. The highest BCUT2D eigenvalue weighted by Gasteiger charge is 2.25. The number of nitrogens with zero attached hydrogens (tertiary/aromatic N) is 5. The Morgan fingerprint density at radius 2 is 2.20 bits per heavy atom. The number of aryl methyl sites for hydroxylation is 2. The van der Waals surface area contributed by atoms with Crippen LogP contribution in [-0.2, 0) is 23.6 Å². The number of anilines is 1. The van der Waals surface area contributed by atoms with Crippen LogP contribution in [0.1, 0.15) is 25.7 Å². The van der Waals surface area contributed by atoms with Gasteiger partial charge in [-0.15, -0.1) is 10.2 Å². The van der Waals surface area contributed by atoms with E-state index < -0.39 is 16.1 Å². The quantitative estimate of drug-likeness (QED) is 0.778. The number of aromatic nitrogens is 5. The Morgan fingerprint density at radius 1 is 1.50 bits per heavy atom. The first-order chi connectivity index (χ1) is 9.35. The van der Waals surface area contributed by atoms with Crippen molar-refractivity contribution in [1.29, 1.82) is 0 Å². The molecule has 1 unspecified atom stereocenters. The third-order valence-electron chi connectivity index (χ3n) is 2.83. The predicted octanol–water partition coefficient (Wildman–Crippen LogP) is -0.347. The van der Waals surface area contributed by atoms with E-state index in [1.807, 2.05) is 6.92 Å². The van der Waals surface area contributed by atoms with Gasteiger partial charge in [0.2, 0.25) is 10.0 Å². The van der Waals surface area contributed by atoms with E-state index >= 15 is 0 Å². The molecule has 0 bridgehead atoms. The Hall–Kier alpha value is -1.94.